The van der Waals surface area contributed by atoms with Gasteiger partial charge in [-0.05, 0) is 43.1 Å². The number of ketones is 1. The Labute approximate surface area is 121 Å². The summed E-state index contributed by atoms with van der Waals surface area (Å²) in [5.41, 5.74) is 2.26. The number of Topliss-reactive ketones (excluding diaryl/α,β-unsaturated/α-hetero) is 1. The summed E-state index contributed by atoms with van der Waals surface area (Å²) < 4.78 is 6.71. The molecule has 3 nitrogen and oxygen atoms in total. The fourth-order valence-electron chi connectivity index (χ4n) is 2.97. The molecule has 1 unspecified atom stereocenters. The third kappa shape index (κ3) is 3.00. The fourth-order valence-corrected chi connectivity index (χ4v) is 3.53. The quantitative estimate of drug-likeness (QED) is 0.925. The van der Waals surface area contributed by atoms with Gasteiger partial charge in [-0.3, -0.25) is 4.79 Å². The molecular formula is C15H18BrNO2. The largest absolute Gasteiger partial charge is 0.493 e. The van der Waals surface area contributed by atoms with Gasteiger partial charge >= 0.3 is 0 Å². The second-order valence-corrected chi connectivity index (χ2v) is 6.35. The highest BCUT2D eigenvalue weighted by Crippen LogP contribution is 2.33. The number of carbonyl (C=O) groups is 1. The lowest BCUT2D eigenvalue weighted by molar-refractivity contribution is -0.119. The highest BCUT2D eigenvalue weighted by Gasteiger charge is 2.22. The van der Waals surface area contributed by atoms with E-state index in [4.69, 9.17) is 4.74 Å². The molecule has 0 radical (unpaired) electrons. The van der Waals surface area contributed by atoms with Crippen molar-refractivity contribution in [3.05, 3.63) is 27.7 Å². The zero-order valence-corrected chi connectivity index (χ0v) is 12.5. The van der Waals surface area contributed by atoms with Gasteiger partial charge < -0.3 is 10.1 Å². The standard InChI is InChI=1S/C15H18BrNO2/c16-13-6-11-2-4-19-15(11)12(7-13)8-14(18)5-10-1-3-17-9-10/h6-7,10,17H,1-5,8-9H2. The molecule has 0 aromatic heterocycles. The van der Waals surface area contributed by atoms with Crippen LogP contribution >= 0.6 is 15.9 Å². The molecule has 1 atom stereocenters. The average Bonchev–Trinajstić information content (AvgIpc) is 2.99. The van der Waals surface area contributed by atoms with E-state index in [9.17, 15) is 4.79 Å². The number of hydrogen-bond donors (Lipinski definition) is 1. The van der Waals surface area contributed by atoms with Crippen LogP contribution in [0.2, 0.25) is 0 Å². The van der Waals surface area contributed by atoms with E-state index in [1.54, 1.807) is 0 Å². The van der Waals surface area contributed by atoms with Crippen molar-refractivity contribution in [2.24, 2.45) is 5.92 Å². The van der Waals surface area contributed by atoms with Gasteiger partial charge in [-0.15, -0.1) is 0 Å². The van der Waals surface area contributed by atoms with Crippen LogP contribution in [0.3, 0.4) is 0 Å². The Balaban J connectivity index is 1.70. The van der Waals surface area contributed by atoms with Crippen molar-refractivity contribution in [1.29, 1.82) is 0 Å². The van der Waals surface area contributed by atoms with Gasteiger partial charge in [0.15, 0.2) is 0 Å². The maximum atomic E-state index is 12.2. The first-order chi connectivity index (χ1) is 9.22. The summed E-state index contributed by atoms with van der Waals surface area (Å²) in [5.74, 6) is 1.79. The number of fused-ring (bicyclic) bond motifs is 1. The Bertz CT molecular complexity index is 495. The van der Waals surface area contributed by atoms with E-state index in [0.29, 0.717) is 24.5 Å². The van der Waals surface area contributed by atoms with Crippen molar-refractivity contribution in [2.45, 2.75) is 25.7 Å². The van der Waals surface area contributed by atoms with E-state index >= 15 is 0 Å². The van der Waals surface area contributed by atoms with Gasteiger partial charge in [-0.1, -0.05) is 15.9 Å². The zero-order chi connectivity index (χ0) is 13.2. The molecule has 0 aliphatic carbocycles. The number of nitrogens with one attached hydrogen (secondary N) is 1. The first-order valence-corrected chi connectivity index (χ1v) is 7.68. The van der Waals surface area contributed by atoms with Gasteiger partial charge in [0.1, 0.15) is 11.5 Å². The molecule has 4 heteroatoms. The Morgan fingerprint density at radius 2 is 2.37 bits per heavy atom. The average molecular weight is 324 g/mol. The highest BCUT2D eigenvalue weighted by molar-refractivity contribution is 9.10. The number of carbonyl (C=O) groups excluding carboxylic acids is 1. The summed E-state index contributed by atoms with van der Waals surface area (Å²) in [5, 5.41) is 3.31. The second kappa shape index (κ2) is 5.63. The topological polar surface area (TPSA) is 38.3 Å². The van der Waals surface area contributed by atoms with Crippen LogP contribution in [0.15, 0.2) is 16.6 Å². The lowest BCUT2D eigenvalue weighted by Crippen LogP contribution is -2.14. The summed E-state index contributed by atoms with van der Waals surface area (Å²) in [6.07, 6.45) is 3.26. The van der Waals surface area contributed by atoms with E-state index in [1.807, 2.05) is 6.07 Å². The molecule has 1 fully saturated rings. The molecule has 102 valence electrons. The maximum Gasteiger partial charge on any atom is 0.137 e. The van der Waals surface area contributed by atoms with E-state index in [1.165, 1.54) is 5.56 Å². The molecule has 2 aliphatic rings. The fraction of sp³-hybridized carbons (Fsp3) is 0.533. The smallest absolute Gasteiger partial charge is 0.137 e. The first-order valence-electron chi connectivity index (χ1n) is 6.89. The van der Waals surface area contributed by atoms with Crippen molar-refractivity contribution in [3.8, 4) is 5.75 Å². The minimum atomic E-state index is 0.324. The van der Waals surface area contributed by atoms with Gasteiger partial charge in [0.25, 0.3) is 0 Å². The Hall–Kier alpha value is -0.870. The zero-order valence-electron chi connectivity index (χ0n) is 10.9. The van der Waals surface area contributed by atoms with E-state index in [2.05, 4.69) is 27.3 Å². The van der Waals surface area contributed by atoms with Gasteiger partial charge in [0.05, 0.1) is 6.61 Å². The third-order valence-electron chi connectivity index (χ3n) is 3.89. The first kappa shape index (κ1) is 13.1. The van der Waals surface area contributed by atoms with Gasteiger partial charge in [0.2, 0.25) is 0 Å². The SMILES string of the molecule is O=C(Cc1cc(Br)cc2c1OCC2)CC1CCNC1. The summed E-state index contributed by atoms with van der Waals surface area (Å²) in [4.78, 5) is 12.2. The number of halogens is 1. The molecule has 19 heavy (non-hydrogen) atoms. The Morgan fingerprint density at radius 3 is 3.16 bits per heavy atom. The molecule has 3 rings (SSSR count). The lowest BCUT2D eigenvalue weighted by atomic mass is 9.96. The third-order valence-corrected chi connectivity index (χ3v) is 4.35. The molecule has 0 spiro atoms. The van der Waals surface area contributed by atoms with E-state index in [-0.39, 0.29) is 0 Å². The van der Waals surface area contributed by atoms with Crippen molar-refractivity contribution in [1.82, 2.24) is 5.32 Å². The van der Waals surface area contributed by atoms with Crippen molar-refractivity contribution in [2.75, 3.05) is 19.7 Å². The molecule has 0 saturated carbocycles. The number of benzene rings is 1. The molecule has 1 saturated heterocycles. The van der Waals surface area contributed by atoms with Crippen LogP contribution in [0.1, 0.15) is 24.0 Å². The molecule has 2 aliphatic heterocycles. The normalized spacial score (nSPS) is 21.2. The minimum Gasteiger partial charge on any atom is -0.493 e. The predicted molar refractivity (Wildman–Crippen MR) is 77.6 cm³/mol. The Kier molecular flexibility index (Phi) is 3.89. The summed E-state index contributed by atoms with van der Waals surface area (Å²) >= 11 is 3.52. The maximum absolute atomic E-state index is 12.2. The Morgan fingerprint density at radius 1 is 1.47 bits per heavy atom. The predicted octanol–water partition coefficient (Wildman–Crippen LogP) is 2.50. The lowest BCUT2D eigenvalue weighted by Gasteiger charge is -2.10. The van der Waals surface area contributed by atoms with Crippen molar-refractivity contribution < 1.29 is 9.53 Å². The van der Waals surface area contributed by atoms with Gasteiger partial charge in [0, 0.05) is 29.3 Å². The van der Waals surface area contributed by atoms with Crippen LogP contribution in [0.25, 0.3) is 0 Å². The van der Waals surface area contributed by atoms with E-state index in [0.717, 1.165) is 48.3 Å². The van der Waals surface area contributed by atoms with Gasteiger partial charge in [-0.25, -0.2) is 0 Å². The van der Waals surface area contributed by atoms with Crippen LogP contribution in [0, 0.1) is 5.92 Å². The summed E-state index contributed by atoms with van der Waals surface area (Å²) in [6, 6.07) is 4.12. The van der Waals surface area contributed by atoms with Crippen molar-refractivity contribution >= 4 is 21.7 Å². The number of ether oxygens (including phenoxy) is 1. The highest BCUT2D eigenvalue weighted by atomic mass is 79.9. The molecule has 0 amide bonds. The molecule has 1 N–H and O–H groups in total. The monoisotopic (exact) mass is 323 g/mol. The molecular weight excluding hydrogens is 306 g/mol. The van der Waals surface area contributed by atoms with Crippen LogP contribution < -0.4 is 10.1 Å². The summed E-state index contributed by atoms with van der Waals surface area (Å²) in [6.45, 7) is 2.77. The number of rotatable bonds is 4. The van der Waals surface area contributed by atoms with Crippen LogP contribution in [-0.4, -0.2) is 25.5 Å². The van der Waals surface area contributed by atoms with Crippen LogP contribution in [0.4, 0.5) is 0 Å². The molecule has 2 heterocycles. The van der Waals surface area contributed by atoms with Gasteiger partial charge in [-0.2, -0.15) is 0 Å². The number of hydrogen-bond acceptors (Lipinski definition) is 3. The minimum absolute atomic E-state index is 0.324. The van der Waals surface area contributed by atoms with Crippen molar-refractivity contribution in [3.63, 3.8) is 0 Å². The van der Waals surface area contributed by atoms with E-state index < -0.39 is 0 Å². The van der Waals surface area contributed by atoms with Crippen LogP contribution in [-0.2, 0) is 17.6 Å². The molecule has 1 aromatic carbocycles. The molecule has 1 aromatic rings. The van der Waals surface area contributed by atoms with Crippen LogP contribution in [0.5, 0.6) is 5.75 Å². The molecule has 0 bridgehead atoms. The second-order valence-electron chi connectivity index (χ2n) is 5.43. The summed E-state index contributed by atoms with van der Waals surface area (Å²) in [7, 11) is 0.